The van der Waals surface area contributed by atoms with Crippen LogP contribution in [0.25, 0.3) is 0 Å². The Morgan fingerprint density at radius 1 is 1.18 bits per heavy atom. The third kappa shape index (κ3) is 6.61. The molecular formula is C17H28N4O. The highest BCUT2D eigenvalue weighted by atomic mass is 16.2. The fourth-order valence-electron chi connectivity index (χ4n) is 2.01. The molecule has 1 rings (SSSR count). The lowest BCUT2D eigenvalue weighted by Gasteiger charge is -2.10. The van der Waals surface area contributed by atoms with Gasteiger partial charge in [0.25, 0.3) is 5.91 Å². The van der Waals surface area contributed by atoms with E-state index in [0.29, 0.717) is 18.1 Å². The minimum absolute atomic E-state index is 0.00307. The van der Waals surface area contributed by atoms with Crippen LogP contribution in [0.2, 0.25) is 0 Å². The summed E-state index contributed by atoms with van der Waals surface area (Å²) in [4.78, 5) is 17.7. The predicted octanol–water partition coefficient (Wildman–Crippen LogP) is 2.37. The van der Waals surface area contributed by atoms with E-state index in [4.69, 9.17) is 5.73 Å². The number of aliphatic imine (C=N–C) groups is 1. The molecular weight excluding hydrogens is 276 g/mol. The number of benzene rings is 1. The Kier molecular flexibility index (Phi) is 8.04. The SMILES string of the molecule is CCCCCCNC(N)=NCc1ccc(C(=O)N(C)C)cc1. The molecule has 0 aromatic heterocycles. The fourth-order valence-corrected chi connectivity index (χ4v) is 2.01. The maximum atomic E-state index is 11.8. The van der Waals surface area contributed by atoms with E-state index in [1.54, 1.807) is 19.0 Å². The highest BCUT2D eigenvalue weighted by Gasteiger charge is 2.06. The molecule has 0 aliphatic heterocycles. The summed E-state index contributed by atoms with van der Waals surface area (Å²) in [7, 11) is 3.49. The molecule has 5 heteroatoms. The lowest BCUT2D eigenvalue weighted by molar-refractivity contribution is 0.0827. The third-order valence-electron chi connectivity index (χ3n) is 3.38. The smallest absolute Gasteiger partial charge is 0.253 e. The van der Waals surface area contributed by atoms with Gasteiger partial charge >= 0.3 is 0 Å². The van der Waals surface area contributed by atoms with E-state index in [1.807, 2.05) is 24.3 Å². The molecule has 1 aromatic carbocycles. The number of guanidine groups is 1. The van der Waals surface area contributed by atoms with Crippen LogP contribution in [0, 0.1) is 0 Å². The van der Waals surface area contributed by atoms with Crippen LogP contribution in [-0.4, -0.2) is 37.4 Å². The largest absolute Gasteiger partial charge is 0.370 e. The van der Waals surface area contributed by atoms with Gasteiger partial charge in [-0.25, -0.2) is 4.99 Å². The lowest BCUT2D eigenvalue weighted by Crippen LogP contribution is -2.32. The van der Waals surface area contributed by atoms with Crippen molar-refractivity contribution in [1.82, 2.24) is 10.2 Å². The molecule has 0 bridgehead atoms. The highest BCUT2D eigenvalue weighted by molar-refractivity contribution is 5.93. The number of hydrogen-bond acceptors (Lipinski definition) is 2. The van der Waals surface area contributed by atoms with Crippen molar-refractivity contribution in [3.8, 4) is 0 Å². The van der Waals surface area contributed by atoms with Crippen molar-refractivity contribution in [3.05, 3.63) is 35.4 Å². The molecule has 0 atom stereocenters. The topological polar surface area (TPSA) is 70.7 Å². The number of nitrogens with zero attached hydrogens (tertiary/aromatic N) is 2. The Hall–Kier alpha value is -2.04. The van der Waals surface area contributed by atoms with Crippen LogP contribution < -0.4 is 11.1 Å². The van der Waals surface area contributed by atoms with Gasteiger partial charge in [0.1, 0.15) is 0 Å². The summed E-state index contributed by atoms with van der Waals surface area (Å²) in [5, 5.41) is 3.12. The number of carbonyl (C=O) groups is 1. The Morgan fingerprint density at radius 3 is 2.45 bits per heavy atom. The highest BCUT2D eigenvalue weighted by Crippen LogP contribution is 2.07. The van der Waals surface area contributed by atoms with E-state index in [0.717, 1.165) is 18.5 Å². The molecule has 0 spiro atoms. The summed E-state index contributed by atoms with van der Waals surface area (Å²) in [6.45, 7) is 3.58. The van der Waals surface area contributed by atoms with Gasteiger partial charge in [-0.2, -0.15) is 0 Å². The summed E-state index contributed by atoms with van der Waals surface area (Å²) in [5.74, 6) is 0.480. The molecule has 22 heavy (non-hydrogen) atoms. The monoisotopic (exact) mass is 304 g/mol. The first kappa shape index (κ1) is 18.0. The Balaban J connectivity index is 2.40. The number of nitrogens with two attached hydrogens (primary N) is 1. The first-order chi connectivity index (χ1) is 10.5. The van der Waals surface area contributed by atoms with Crippen LogP contribution in [0.3, 0.4) is 0 Å². The molecule has 0 saturated heterocycles. The van der Waals surface area contributed by atoms with Gasteiger partial charge in [0, 0.05) is 26.2 Å². The zero-order valence-electron chi connectivity index (χ0n) is 13.9. The second-order valence-electron chi connectivity index (χ2n) is 5.59. The van der Waals surface area contributed by atoms with Gasteiger partial charge in [0.15, 0.2) is 5.96 Å². The number of hydrogen-bond donors (Lipinski definition) is 2. The van der Waals surface area contributed by atoms with Crippen molar-refractivity contribution in [2.24, 2.45) is 10.7 Å². The van der Waals surface area contributed by atoms with Crippen LogP contribution in [0.15, 0.2) is 29.3 Å². The molecule has 0 radical (unpaired) electrons. The van der Waals surface area contributed by atoms with Gasteiger partial charge in [-0.15, -0.1) is 0 Å². The van der Waals surface area contributed by atoms with Crippen molar-refractivity contribution >= 4 is 11.9 Å². The Labute approximate surface area is 133 Å². The molecule has 0 heterocycles. The van der Waals surface area contributed by atoms with Crippen molar-refractivity contribution in [1.29, 1.82) is 0 Å². The van der Waals surface area contributed by atoms with E-state index in [9.17, 15) is 4.79 Å². The number of unbranched alkanes of at least 4 members (excludes halogenated alkanes) is 3. The molecule has 5 nitrogen and oxygen atoms in total. The maximum Gasteiger partial charge on any atom is 0.253 e. The fraction of sp³-hybridized carbons (Fsp3) is 0.529. The van der Waals surface area contributed by atoms with Crippen LogP contribution in [0.1, 0.15) is 48.5 Å². The molecule has 0 fully saturated rings. The zero-order valence-corrected chi connectivity index (χ0v) is 13.9. The molecule has 0 unspecified atom stereocenters. The van der Waals surface area contributed by atoms with E-state index in [2.05, 4.69) is 17.2 Å². The van der Waals surface area contributed by atoms with E-state index in [1.165, 1.54) is 19.3 Å². The van der Waals surface area contributed by atoms with Crippen molar-refractivity contribution in [2.45, 2.75) is 39.2 Å². The van der Waals surface area contributed by atoms with Crippen molar-refractivity contribution in [3.63, 3.8) is 0 Å². The molecule has 0 aliphatic rings. The van der Waals surface area contributed by atoms with E-state index in [-0.39, 0.29) is 5.91 Å². The first-order valence-corrected chi connectivity index (χ1v) is 7.89. The first-order valence-electron chi connectivity index (χ1n) is 7.89. The Bertz CT molecular complexity index is 480. The summed E-state index contributed by atoms with van der Waals surface area (Å²) in [6, 6.07) is 7.46. The van der Waals surface area contributed by atoms with Crippen molar-refractivity contribution < 1.29 is 4.79 Å². The quantitative estimate of drug-likeness (QED) is 0.440. The number of rotatable bonds is 8. The van der Waals surface area contributed by atoms with Crippen molar-refractivity contribution in [2.75, 3.05) is 20.6 Å². The number of nitrogens with one attached hydrogen (secondary N) is 1. The van der Waals surface area contributed by atoms with Crippen LogP contribution >= 0.6 is 0 Å². The average Bonchev–Trinajstić information content (AvgIpc) is 2.52. The predicted molar refractivity (Wildman–Crippen MR) is 91.9 cm³/mol. The van der Waals surface area contributed by atoms with Crippen LogP contribution in [0.4, 0.5) is 0 Å². The number of amides is 1. The van der Waals surface area contributed by atoms with Crippen LogP contribution in [0.5, 0.6) is 0 Å². The summed E-state index contributed by atoms with van der Waals surface area (Å²) < 4.78 is 0. The third-order valence-corrected chi connectivity index (χ3v) is 3.38. The normalized spacial score (nSPS) is 11.3. The second-order valence-corrected chi connectivity index (χ2v) is 5.59. The molecule has 1 amide bonds. The zero-order chi connectivity index (χ0) is 16.4. The van der Waals surface area contributed by atoms with Gasteiger partial charge in [-0.1, -0.05) is 38.3 Å². The Morgan fingerprint density at radius 2 is 1.86 bits per heavy atom. The summed E-state index contributed by atoms with van der Waals surface area (Å²) >= 11 is 0. The maximum absolute atomic E-state index is 11.8. The van der Waals surface area contributed by atoms with Crippen LogP contribution in [-0.2, 0) is 6.54 Å². The second kappa shape index (κ2) is 9.82. The molecule has 0 saturated carbocycles. The van der Waals surface area contributed by atoms with Gasteiger partial charge in [0.05, 0.1) is 6.54 Å². The minimum atomic E-state index is 0.00307. The van der Waals surface area contributed by atoms with Gasteiger partial charge < -0.3 is 16.0 Å². The molecule has 1 aromatic rings. The standard InChI is InChI=1S/C17H28N4O/c1-4-5-6-7-12-19-17(18)20-13-14-8-10-15(11-9-14)16(22)21(2)3/h8-11H,4-7,12-13H2,1-3H3,(H3,18,19,20). The average molecular weight is 304 g/mol. The number of carbonyl (C=O) groups excluding carboxylic acids is 1. The summed E-state index contributed by atoms with van der Waals surface area (Å²) in [6.07, 6.45) is 4.83. The van der Waals surface area contributed by atoms with E-state index >= 15 is 0 Å². The molecule has 3 N–H and O–H groups in total. The molecule has 0 aliphatic carbocycles. The van der Waals surface area contributed by atoms with Gasteiger partial charge in [-0.05, 0) is 24.1 Å². The van der Waals surface area contributed by atoms with E-state index < -0.39 is 0 Å². The van der Waals surface area contributed by atoms with Gasteiger partial charge in [0.2, 0.25) is 0 Å². The lowest BCUT2D eigenvalue weighted by atomic mass is 10.1. The summed E-state index contributed by atoms with van der Waals surface area (Å²) in [5.41, 5.74) is 7.55. The minimum Gasteiger partial charge on any atom is -0.370 e. The molecule has 122 valence electrons. The van der Waals surface area contributed by atoms with Gasteiger partial charge in [-0.3, -0.25) is 4.79 Å².